The first-order chi connectivity index (χ1) is 7.01. The van der Waals surface area contributed by atoms with Gasteiger partial charge in [0.25, 0.3) is 0 Å². The molecule has 15 heavy (non-hydrogen) atoms. The molecule has 82 valence electrons. The molecule has 0 atom stereocenters. The molecule has 0 aliphatic heterocycles. The largest absolute Gasteiger partial charge is 0.383 e. The van der Waals surface area contributed by atoms with Gasteiger partial charge in [-0.2, -0.15) is 4.99 Å². The van der Waals surface area contributed by atoms with E-state index in [-0.39, 0.29) is 11.8 Å². The summed E-state index contributed by atoms with van der Waals surface area (Å²) in [5.41, 5.74) is 12.5. The van der Waals surface area contributed by atoms with Crippen LogP contribution in [0.4, 0.5) is 0 Å². The molecule has 4 nitrogen and oxygen atoms in total. The van der Waals surface area contributed by atoms with Crippen molar-refractivity contribution >= 4 is 11.8 Å². The third-order valence-corrected chi connectivity index (χ3v) is 1.80. The molecule has 4 heteroatoms. The lowest BCUT2D eigenvalue weighted by molar-refractivity contribution is 1.16. The van der Waals surface area contributed by atoms with Crippen LogP contribution < -0.4 is 11.5 Å². The maximum absolute atomic E-state index is 6.99. The number of nitrogens with two attached hydrogens (primary N) is 2. The van der Waals surface area contributed by atoms with Crippen molar-refractivity contribution in [2.75, 3.05) is 0 Å². The van der Waals surface area contributed by atoms with Crippen LogP contribution in [-0.4, -0.2) is 11.8 Å². The van der Waals surface area contributed by atoms with Crippen molar-refractivity contribution in [2.24, 2.45) is 16.5 Å². The molecule has 0 aromatic heterocycles. The van der Waals surface area contributed by atoms with Crippen LogP contribution in [-0.2, 0) is 0 Å². The lowest BCUT2D eigenvalue weighted by atomic mass is 10.1. The van der Waals surface area contributed by atoms with Crippen LogP contribution in [0.1, 0.15) is 20.3 Å². The van der Waals surface area contributed by atoms with Gasteiger partial charge in [-0.3, -0.25) is 5.41 Å². The quantitative estimate of drug-likeness (QED) is 0.371. The molecular formula is C11H18N4. The molecule has 0 saturated carbocycles. The summed E-state index contributed by atoms with van der Waals surface area (Å²) in [7, 11) is 0. The van der Waals surface area contributed by atoms with Crippen molar-refractivity contribution in [2.45, 2.75) is 20.3 Å². The average molecular weight is 206 g/mol. The molecule has 0 radical (unpaired) electrons. The second-order valence-electron chi connectivity index (χ2n) is 2.97. The van der Waals surface area contributed by atoms with Crippen LogP contribution in [0.3, 0.4) is 0 Å². The van der Waals surface area contributed by atoms with Crippen molar-refractivity contribution in [1.82, 2.24) is 0 Å². The fraction of sp³-hybridized carbons (Fsp3) is 0.273. The van der Waals surface area contributed by atoms with E-state index in [1.54, 1.807) is 6.08 Å². The van der Waals surface area contributed by atoms with Gasteiger partial charge < -0.3 is 11.5 Å². The van der Waals surface area contributed by atoms with Crippen LogP contribution in [0, 0.1) is 5.41 Å². The van der Waals surface area contributed by atoms with Crippen LogP contribution >= 0.6 is 0 Å². The van der Waals surface area contributed by atoms with Gasteiger partial charge in [0.1, 0.15) is 5.84 Å². The van der Waals surface area contributed by atoms with Gasteiger partial charge in [0.15, 0.2) is 0 Å². The SMILES string of the molecule is C=C(/C=C\C(=C/C)C(N)=NC(=N)N)CC. The number of amidine groups is 1. The number of nitrogens with one attached hydrogen (secondary N) is 1. The first-order valence-electron chi connectivity index (χ1n) is 4.72. The van der Waals surface area contributed by atoms with Gasteiger partial charge in [0.05, 0.1) is 0 Å². The van der Waals surface area contributed by atoms with Gasteiger partial charge in [-0.1, -0.05) is 37.3 Å². The van der Waals surface area contributed by atoms with Gasteiger partial charge in [0.2, 0.25) is 5.96 Å². The van der Waals surface area contributed by atoms with Crippen molar-refractivity contribution in [1.29, 1.82) is 5.41 Å². The van der Waals surface area contributed by atoms with E-state index in [9.17, 15) is 0 Å². The van der Waals surface area contributed by atoms with E-state index in [0.29, 0.717) is 0 Å². The molecule has 0 aliphatic rings. The zero-order valence-electron chi connectivity index (χ0n) is 9.25. The molecule has 5 N–H and O–H groups in total. The monoisotopic (exact) mass is 206 g/mol. The summed E-state index contributed by atoms with van der Waals surface area (Å²) in [6, 6.07) is 0. The topological polar surface area (TPSA) is 88.2 Å². The lowest BCUT2D eigenvalue weighted by Gasteiger charge is -2.00. The number of allylic oxidation sites excluding steroid dienone is 3. The molecule has 0 bridgehead atoms. The Labute approximate surface area is 90.6 Å². The number of hydrogen-bond acceptors (Lipinski definition) is 1. The van der Waals surface area contributed by atoms with Gasteiger partial charge in [0, 0.05) is 5.57 Å². The third-order valence-electron chi connectivity index (χ3n) is 1.80. The maximum Gasteiger partial charge on any atom is 0.214 e. The number of rotatable bonds is 4. The van der Waals surface area contributed by atoms with Crippen molar-refractivity contribution in [3.05, 3.63) is 36.0 Å². The van der Waals surface area contributed by atoms with E-state index < -0.39 is 0 Å². The Bertz CT molecular complexity index is 334. The smallest absolute Gasteiger partial charge is 0.214 e. The zero-order valence-corrected chi connectivity index (χ0v) is 9.25. The molecular weight excluding hydrogens is 188 g/mol. The van der Waals surface area contributed by atoms with Gasteiger partial charge in [-0.05, 0) is 13.3 Å². The van der Waals surface area contributed by atoms with E-state index in [0.717, 1.165) is 17.6 Å². The summed E-state index contributed by atoms with van der Waals surface area (Å²) in [5, 5.41) is 6.99. The minimum absolute atomic E-state index is 0.241. The second kappa shape index (κ2) is 6.59. The fourth-order valence-corrected chi connectivity index (χ4v) is 0.849. The Morgan fingerprint density at radius 2 is 2.00 bits per heavy atom. The molecule has 0 unspecified atom stereocenters. The van der Waals surface area contributed by atoms with Crippen LogP contribution in [0.25, 0.3) is 0 Å². The van der Waals surface area contributed by atoms with E-state index in [2.05, 4.69) is 11.6 Å². The van der Waals surface area contributed by atoms with Crippen molar-refractivity contribution in [3.63, 3.8) is 0 Å². The highest BCUT2D eigenvalue weighted by molar-refractivity contribution is 6.05. The van der Waals surface area contributed by atoms with E-state index in [1.807, 2.05) is 26.0 Å². The molecule has 0 aromatic carbocycles. The highest BCUT2D eigenvalue weighted by Crippen LogP contribution is 2.03. The normalized spacial score (nSPS) is 13.2. The highest BCUT2D eigenvalue weighted by atomic mass is 15.0. The van der Waals surface area contributed by atoms with Crippen molar-refractivity contribution < 1.29 is 0 Å². The average Bonchev–Trinajstić information content (AvgIpc) is 2.17. The molecule has 0 aromatic rings. The summed E-state index contributed by atoms with van der Waals surface area (Å²) in [6.45, 7) is 7.71. The molecule has 0 saturated heterocycles. The summed E-state index contributed by atoms with van der Waals surface area (Å²) in [5.74, 6) is -0.0558. The Morgan fingerprint density at radius 3 is 2.40 bits per heavy atom. The second-order valence-corrected chi connectivity index (χ2v) is 2.97. The Balaban J connectivity index is 4.74. The van der Waals surface area contributed by atoms with Gasteiger partial charge in [-0.25, -0.2) is 0 Å². The predicted octanol–water partition coefficient (Wildman–Crippen LogP) is 1.71. The molecule has 0 amide bonds. The molecule has 0 fully saturated rings. The Kier molecular flexibility index (Phi) is 5.78. The summed E-state index contributed by atoms with van der Waals surface area (Å²) >= 11 is 0. The van der Waals surface area contributed by atoms with E-state index >= 15 is 0 Å². The van der Waals surface area contributed by atoms with Crippen LogP contribution in [0.15, 0.2) is 40.9 Å². The Hall–Kier alpha value is -1.84. The first kappa shape index (κ1) is 13.2. The van der Waals surface area contributed by atoms with E-state index in [4.69, 9.17) is 16.9 Å². The summed E-state index contributed by atoms with van der Waals surface area (Å²) in [4.78, 5) is 3.66. The number of nitrogens with zero attached hydrogens (tertiary/aromatic N) is 1. The van der Waals surface area contributed by atoms with Gasteiger partial charge >= 0.3 is 0 Å². The highest BCUT2D eigenvalue weighted by Gasteiger charge is 1.97. The Morgan fingerprint density at radius 1 is 1.40 bits per heavy atom. The van der Waals surface area contributed by atoms with Gasteiger partial charge in [-0.15, -0.1) is 0 Å². The molecule has 0 spiro atoms. The fourth-order valence-electron chi connectivity index (χ4n) is 0.849. The minimum Gasteiger partial charge on any atom is -0.383 e. The lowest BCUT2D eigenvalue weighted by Crippen LogP contribution is -2.19. The number of aliphatic imine (C=N–C) groups is 1. The summed E-state index contributed by atoms with van der Waals surface area (Å²) < 4.78 is 0. The molecule has 0 heterocycles. The third kappa shape index (κ3) is 5.46. The van der Waals surface area contributed by atoms with Crippen LogP contribution in [0.2, 0.25) is 0 Å². The summed E-state index contributed by atoms with van der Waals surface area (Å²) in [6.07, 6.45) is 6.38. The van der Waals surface area contributed by atoms with Crippen molar-refractivity contribution in [3.8, 4) is 0 Å². The molecule has 0 aliphatic carbocycles. The zero-order chi connectivity index (χ0) is 11.8. The van der Waals surface area contributed by atoms with Crippen LogP contribution in [0.5, 0.6) is 0 Å². The minimum atomic E-state index is -0.297. The number of guanidine groups is 1. The molecule has 0 rings (SSSR count). The van der Waals surface area contributed by atoms with E-state index in [1.165, 1.54) is 0 Å². The maximum atomic E-state index is 6.99. The first-order valence-corrected chi connectivity index (χ1v) is 4.72. The number of hydrogen-bond donors (Lipinski definition) is 3. The predicted molar refractivity (Wildman–Crippen MR) is 65.9 cm³/mol. The standard InChI is InChI=1S/C11H18N4/c1-4-8(3)6-7-9(5-2)10(12)15-11(13)14/h5-7H,3-4H2,1-2H3,(H5,12,13,14,15)/b7-6-,9-5+.